The monoisotopic (exact) mass is 170 g/mol. The second-order valence-corrected chi connectivity index (χ2v) is 2.10. The Bertz CT molecular complexity index is 314. The van der Waals surface area contributed by atoms with Gasteiger partial charge in [0.05, 0.1) is 5.69 Å². The molecule has 4 nitrogen and oxygen atoms in total. The molecule has 0 unspecified atom stereocenters. The highest BCUT2D eigenvalue weighted by atomic mass is 19.1. The van der Waals surface area contributed by atoms with Crippen molar-refractivity contribution in [3.8, 4) is 5.75 Å². The van der Waals surface area contributed by atoms with Gasteiger partial charge in [0.15, 0.2) is 5.75 Å². The Hall–Kier alpha value is -1.78. The first-order chi connectivity index (χ1) is 5.59. The van der Waals surface area contributed by atoms with Gasteiger partial charge in [0.1, 0.15) is 5.82 Å². The van der Waals surface area contributed by atoms with Gasteiger partial charge in [-0.1, -0.05) is 0 Å². The zero-order valence-corrected chi connectivity index (χ0v) is 6.08. The third-order valence-electron chi connectivity index (χ3n) is 1.19. The fourth-order valence-corrected chi connectivity index (χ4v) is 0.705. The number of halogens is 1. The Morgan fingerprint density at radius 2 is 2.17 bits per heavy atom. The lowest BCUT2D eigenvalue weighted by Gasteiger charge is -2.03. The van der Waals surface area contributed by atoms with Crippen molar-refractivity contribution in [2.75, 3.05) is 5.73 Å². The first kappa shape index (κ1) is 8.32. The number of carbonyl (C=O) groups excluding carboxylic acids is 1. The van der Waals surface area contributed by atoms with Crippen molar-refractivity contribution in [3.05, 3.63) is 24.0 Å². The fourth-order valence-electron chi connectivity index (χ4n) is 0.705. The molecule has 0 aromatic heterocycles. The molecular formula is C7H7FN2O2. The lowest BCUT2D eigenvalue weighted by molar-refractivity contribution is 0.211. The summed E-state index contributed by atoms with van der Waals surface area (Å²) in [4.78, 5) is 10.3. The Kier molecular flexibility index (Phi) is 2.14. The lowest BCUT2D eigenvalue weighted by atomic mass is 10.3. The fraction of sp³-hybridized carbons (Fsp3) is 0. The minimum Gasteiger partial charge on any atom is -0.408 e. The molecule has 1 amide bonds. The van der Waals surface area contributed by atoms with Crippen LogP contribution in [0.5, 0.6) is 5.75 Å². The number of hydrogen-bond acceptors (Lipinski definition) is 3. The van der Waals surface area contributed by atoms with Gasteiger partial charge in [0.2, 0.25) is 0 Å². The number of anilines is 1. The number of hydrogen-bond donors (Lipinski definition) is 2. The summed E-state index contributed by atoms with van der Waals surface area (Å²) >= 11 is 0. The highest BCUT2D eigenvalue weighted by molar-refractivity contribution is 5.70. The molecule has 5 heteroatoms. The SMILES string of the molecule is NC(=O)Oc1cc(F)ccc1N. The zero-order valence-electron chi connectivity index (χ0n) is 6.08. The van der Waals surface area contributed by atoms with E-state index in [0.717, 1.165) is 12.1 Å². The maximum atomic E-state index is 12.5. The summed E-state index contributed by atoms with van der Waals surface area (Å²) in [5.41, 5.74) is 10.2. The van der Waals surface area contributed by atoms with Crippen LogP contribution in [-0.4, -0.2) is 6.09 Å². The van der Waals surface area contributed by atoms with Gasteiger partial charge in [-0.25, -0.2) is 9.18 Å². The largest absolute Gasteiger partial charge is 0.410 e. The molecule has 4 N–H and O–H groups in total. The van der Waals surface area contributed by atoms with E-state index in [2.05, 4.69) is 4.74 Å². The van der Waals surface area contributed by atoms with Gasteiger partial charge < -0.3 is 16.2 Å². The van der Waals surface area contributed by atoms with Crippen molar-refractivity contribution in [2.45, 2.75) is 0 Å². The normalized spacial score (nSPS) is 9.42. The number of amides is 1. The van der Waals surface area contributed by atoms with Gasteiger partial charge in [-0.2, -0.15) is 0 Å². The summed E-state index contributed by atoms with van der Waals surface area (Å²) in [6.07, 6.45) is -1.02. The topological polar surface area (TPSA) is 78.3 Å². The van der Waals surface area contributed by atoms with Crippen LogP contribution < -0.4 is 16.2 Å². The van der Waals surface area contributed by atoms with Gasteiger partial charge in [-0.15, -0.1) is 0 Å². The maximum Gasteiger partial charge on any atom is 0.410 e. The Balaban J connectivity index is 2.97. The number of primary amides is 1. The van der Waals surface area contributed by atoms with Crippen LogP contribution in [0.3, 0.4) is 0 Å². The Labute approximate surface area is 67.9 Å². The predicted octanol–water partition coefficient (Wildman–Crippen LogP) is 0.865. The number of nitrogen functional groups attached to an aromatic ring is 1. The molecular weight excluding hydrogens is 163 g/mol. The number of benzene rings is 1. The van der Waals surface area contributed by atoms with E-state index < -0.39 is 11.9 Å². The third-order valence-corrected chi connectivity index (χ3v) is 1.19. The van der Waals surface area contributed by atoms with Crippen LogP contribution >= 0.6 is 0 Å². The first-order valence-electron chi connectivity index (χ1n) is 3.12. The van der Waals surface area contributed by atoms with E-state index >= 15 is 0 Å². The molecule has 0 saturated heterocycles. The summed E-state index contributed by atoms with van der Waals surface area (Å²) in [5, 5.41) is 0. The van der Waals surface area contributed by atoms with Crippen LogP contribution in [0.25, 0.3) is 0 Å². The number of nitrogens with two attached hydrogens (primary N) is 2. The Morgan fingerprint density at radius 1 is 1.50 bits per heavy atom. The van der Waals surface area contributed by atoms with Crippen molar-refractivity contribution >= 4 is 11.8 Å². The van der Waals surface area contributed by atoms with Crippen LogP contribution in [0.15, 0.2) is 18.2 Å². The number of ether oxygens (including phenoxy) is 1. The molecule has 0 aliphatic carbocycles. The van der Waals surface area contributed by atoms with Crippen LogP contribution in [0.2, 0.25) is 0 Å². The van der Waals surface area contributed by atoms with Crippen molar-refractivity contribution in [1.82, 2.24) is 0 Å². The maximum absolute atomic E-state index is 12.5. The molecule has 0 aliphatic heterocycles. The van der Waals surface area contributed by atoms with E-state index in [9.17, 15) is 9.18 Å². The summed E-state index contributed by atoms with van der Waals surface area (Å²) in [6, 6.07) is 3.43. The van der Waals surface area contributed by atoms with E-state index in [1.807, 2.05) is 0 Å². The number of carbonyl (C=O) groups is 1. The van der Waals surface area contributed by atoms with Gasteiger partial charge in [-0.3, -0.25) is 0 Å². The average molecular weight is 170 g/mol. The zero-order chi connectivity index (χ0) is 9.14. The lowest BCUT2D eigenvalue weighted by Crippen LogP contribution is -2.17. The number of rotatable bonds is 1. The van der Waals surface area contributed by atoms with E-state index in [1.54, 1.807) is 0 Å². The van der Waals surface area contributed by atoms with Gasteiger partial charge in [0.25, 0.3) is 0 Å². The van der Waals surface area contributed by atoms with Gasteiger partial charge >= 0.3 is 6.09 Å². The summed E-state index contributed by atoms with van der Waals surface area (Å²) in [5.74, 6) is -0.608. The summed E-state index contributed by atoms with van der Waals surface area (Å²) in [6.45, 7) is 0. The molecule has 12 heavy (non-hydrogen) atoms. The molecule has 0 aliphatic rings. The smallest absolute Gasteiger partial charge is 0.408 e. The molecule has 0 saturated carbocycles. The minimum atomic E-state index is -1.02. The van der Waals surface area contributed by atoms with Crippen molar-refractivity contribution in [1.29, 1.82) is 0 Å². The molecule has 0 radical (unpaired) electrons. The Morgan fingerprint density at radius 3 is 2.75 bits per heavy atom. The second kappa shape index (κ2) is 3.08. The van der Waals surface area contributed by atoms with Crippen molar-refractivity contribution < 1.29 is 13.9 Å². The van der Waals surface area contributed by atoms with Crippen molar-refractivity contribution in [3.63, 3.8) is 0 Å². The first-order valence-corrected chi connectivity index (χ1v) is 3.12. The van der Waals surface area contributed by atoms with Crippen LogP contribution in [0.4, 0.5) is 14.9 Å². The summed E-state index contributed by atoms with van der Waals surface area (Å²) < 4.78 is 16.9. The predicted molar refractivity (Wildman–Crippen MR) is 41.0 cm³/mol. The molecule has 1 rings (SSSR count). The highest BCUT2D eigenvalue weighted by Gasteiger charge is 2.04. The molecule has 0 fully saturated rings. The molecule has 0 atom stereocenters. The van der Waals surface area contributed by atoms with E-state index in [4.69, 9.17) is 11.5 Å². The molecule has 1 aromatic carbocycles. The molecule has 0 spiro atoms. The highest BCUT2D eigenvalue weighted by Crippen LogP contribution is 2.21. The van der Waals surface area contributed by atoms with Gasteiger partial charge in [-0.05, 0) is 12.1 Å². The molecule has 64 valence electrons. The third kappa shape index (κ3) is 1.85. The van der Waals surface area contributed by atoms with Gasteiger partial charge in [0, 0.05) is 6.07 Å². The molecule has 1 aromatic rings. The quantitative estimate of drug-likeness (QED) is 0.613. The van der Waals surface area contributed by atoms with E-state index in [1.165, 1.54) is 6.07 Å². The standard InChI is InChI=1S/C7H7FN2O2/c8-4-1-2-5(9)6(3-4)12-7(10)11/h1-3H,9H2,(H2,10,11). The van der Waals surface area contributed by atoms with Crippen LogP contribution in [-0.2, 0) is 0 Å². The van der Waals surface area contributed by atoms with E-state index in [0.29, 0.717) is 0 Å². The molecule has 0 heterocycles. The average Bonchev–Trinajstić information content (AvgIpc) is 1.96. The van der Waals surface area contributed by atoms with E-state index in [-0.39, 0.29) is 11.4 Å². The summed E-state index contributed by atoms with van der Waals surface area (Å²) in [7, 11) is 0. The van der Waals surface area contributed by atoms with Crippen LogP contribution in [0, 0.1) is 5.82 Å². The molecule has 0 bridgehead atoms. The van der Waals surface area contributed by atoms with Crippen molar-refractivity contribution in [2.24, 2.45) is 5.73 Å². The van der Waals surface area contributed by atoms with Crippen LogP contribution in [0.1, 0.15) is 0 Å². The second-order valence-electron chi connectivity index (χ2n) is 2.10. The minimum absolute atomic E-state index is 0.0671.